The van der Waals surface area contributed by atoms with Crippen molar-refractivity contribution in [2.24, 2.45) is 0 Å². The van der Waals surface area contributed by atoms with Crippen molar-refractivity contribution in [3.05, 3.63) is 63.1 Å². The van der Waals surface area contributed by atoms with Crippen molar-refractivity contribution in [1.29, 1.82) is 0 Å². The van der Waals surface area contributed by atoms with Crippen LogP contribution in [-0.2, 0) is 11.2 Å². The second-order valence-electron chi connectivity index (χ2n) is 8.56. The number of nitrogens with zero attached hydrogens (tertiary/aromatic N) is 3. The molecule has 0 aliphatic carbocycles. The van der Waals surface area contributed by atoms with Gasteiger partial charge in [0.1, 0.15) is 17.8 Å². The molecular weight excluding hydrogens is 448 g/mol. The number of aromatic hydroxyl groups is 1. The lowest BCUT2D eigenvalue weighted by atomic mass is 9.98. The van der Waals surface area contributed by atoms with E-state index >= 15 is 0 Å². The van der Waals surface area contributed by atoms with Crippen molar-refractivity contribution in [2.45, 2.75) is 51.2 Å². The fourth-order valence-electron chi connectivity index (χ4n) is 4.92. The number of hydrogen-bond acceptors (Lipinski definition) is 6. The molecule has 2 atom stereocenters. The molecule has 8 nitrogen and oxygen atoms in total. The van der Waals surface area contributed by atoms with Gasteiger partial charge in [-0.25, -0.2) is 8.78 Å². The number of Topliss-reactive ketones (excluding diaryl/α,β-unsaturated/α-hetero) is 1. The molecule has 2 aliphatic heterocycles. The Hall–Kier alpha value is -3.27. The van der Waals surface area contributed by atoms with Gasteiger partial charge in [0.25, 0.3) is 5.91 Å². The number of carbonyl (C=O) groups is 2. The third kappa shape index (κ3) is 4.06. The van der Waals surface area contributed by atoms with Crippen LogP contribution in [-0.4, -0.2) is 58.8 Å². The number of benzene rings is 1. The van der Waals surface area contributed by atoms with Gasteiger partial charge in [0, 0.05) is 32.3 Å². The molecule has 10 heteroatoms. The number of aryl methyl sites for hydroxylation is 1. The second kappa shape index (κ2) is 9.54. The molecule has 0 bridgehead atoms. The topological polar surface area (TPSA) is 92.1 Å². The lowest BCUT2D eigenvalue weighted by molar-refractivity contribution is 0.0425. The number of rotatable bonds is 7. The zero-order valence-corrected chi connectivity index (χ0v) is 19.1. The van der Waals surface area contributed by atoms with E-state index in [1.54, 1.807) is 12.0 Å². The highest BCUT2D eigenvalue weighted by atomic mass is 19.1. The Morgan fingerprint density at radius 3 is 2.68 bits per heavy atom. The van der Waals surface area contributed by atoms with Crippen LogP contribution >= 0.6 is 0 Å². The van der Waals surface area contributed by atoms with E-state index in [9.17, 15) is 28.3 Å². The molecule has 0 unspecified atom stereocenters. The maximum absolute atomic E-state index is 14.0. The molecule has 2 aromatic rings. The summed E-state index contributed by atoms with van der Waals surface area (Å²) in [7, 11) is 1.57. The first kappa shape index (κ1) is 23.9. The van der Waals surface area contributed by atoms with Crippen molar-refractivity contribution in [1.82, 2.24) is 9.58 Å². The van der Waals surface area contributed by atoms with Crippen molar-refractivity contribution in [2.75, 3.05) is 25.3 Å². The lowest BCUT2D eigenvalue weighted by Gasteiger charge is -2.52. The van der Waals surface area contributed by atoms with Crippen LogP contribution in [0.2, 0.25) is 0 Å². The largest absolute Gasteiger partial charge is 0.502 e. The number of hydrogen-bond donors (Lipinski definition) is 1. The summed E-state index contributed by atoms with van der Waals surface area (Å²) in [5, 5.41) is 12.6. The van der Waals surface area contributed by atoms with Gasteiger partial charge in [-0.15, -0.1) is 0 Å². The van der Waals surface area contributed by atoms with Gasteiger partial charge in [0.2, 0.25) is 5.43 Å². The maximum Gasteiger partial charge on any atom is 0.278 e. The van der Waals surface area contributed by atoms with Crippen LogP contribution in [0.25, 0.3) is 0 Å². The number of piperidine rings is 1. The molecule has 4 rings (SSSR count). The number of ether oxygens (including phenoxy) is 1. The number of methoxy groups -OCH3 is 1. The van der Waals surface area contributed by atoms with E-state index in [1.807, 2.05) is 11.9 Å². The van der Waals surface area contributed by atoms with E-state index in [4.69, 9.17) is 4.74 Å². The molecule has 0 spiro atoms. The molecule has 3 heterocycles. The average molecular weight is 475 g/mol. The molecule has 182 valence electrons. The van der Waals surface area contributed by atoms with Gasteiger partial charge < -0.3 is 14.7 Å². The zero-order chi connectivity index (χ0) is 24.6. The number of pyridine rings is 1. The number of aromatic nitrogens is 1. The first-order chi connectivity index (χ1) is 16.3. The number of ketones is 1. The Bertz CT molecular complexity index is 1180. The summed E-state index contributed by atoms with van der Waals surface area (Å²) < 4.78 is 33.9. The van der Waals surface area contributed by atoms with Crippen molar-refractivity contribution < 1.29 is 28.2 Å². The van der Waals surface area contributed by atoms with Gasteiger partial charge in [-0.1, -0.05) is 6.07 Å². The summed E-state index contributed by atoms with van der Waals surface area (Å²) in [4.78, 5) is 40.7. The molecule has 1 amide bonds. The van der Waals surface area contributed by atoms with Gasteiger partial charge in [-0.05, 0) is 44.2 Å². The molecule has 1 N–H and O–H groups in total. The first-order valence-electron chi connectivity index (χ1n) is 11.3. The molecule has 0 radical (unpaired) electrons. The van der Waals surface area contributed by atoms with Crippen LogP contribution in [0.15, 0.2) is 29.2 Å². The lowest BCUT2D eigenvalue weighted by Crippen LogP contribution is -2.66. The highest BCUT2D eigenvalue weighted by Gasteiger charge is 2.44. The summed E-state index contributed by atoms with van der Waals surface area (Å²) in [5.74, 6) is -3.38. The quantitative estimate of drug-likeness (QED) is 0.619. The van der Waals surface area contributed by atoms with Crippen LogP contribution in [0.3, 0.4) is 0 Å². The van der Waals surface area contributed by atoms with Crippen molar-refractivity contribution in [3.8, 4) is 5.75 Å². The first-order valence-corrected chi connectivity index (χ1v) is 11.3. The molecule has 1 aromatic carbocycles. The van der Waals surface area contributed by atoms with Gasteiger partial charge >= 0.3 is 0 Å². The normalized spacial score (nSPS) is 19.7. The molecule has 1 fully saturated rings. The highest BCUT2D eigenvalue weighted by molar-refractivity contribution is 6.00. The smallest absolute Gasteiger partial charge is 0.278 e. The third-order valence-corrected chi connectivity index (χ3v) is 6.55. The highest BCUT2D eigenvalue weighted by Crippen LogP contribution is 2.32. The predicted octanol–water partition coefficient (Wildman–Crippen LogP) is 2.59. The molecule has 2 aliphatic rings. The molecule has 0 saturated carbocycles. The Kier molecular flexibility index (Phi) is 6.70. The fraction of sp³-hybridized carbons (Fsp3) is 0.458. The van der Waals surface area contributed by atoms with Crippen LogP contribution in [0, 0.1) is 11.6 Å². The fourth-order valence-corrected chi connectivity index (χ4v) is 4.92. The summed E-state index contributed by atoms with van der Waals surface area (Å²) in [6.07, 6.45) is 3.05. The zero-order valence-electron chi connectivity index (χ0n) is 19.1. The van der Waals surface area contributed by atoms with E-state index in [0.29, 0.717) is 19.6 Å². The van der Waals surface area contributed by atoms with Gasteiger partial charge in [0.15, 0.2) is 17.2 Å². The number of fused-ring (bicyclic) bond motifs is 3. The van der Waals surface area contributed by atoms with Gasteiger partial charge in [-0.2, -0.15) is 0 Å². The van der Waals surface area contributed by atoms with Crippen LogP contribution in [0.5, 0.6) is 5.75 Å². The van der Waals surface area contributed by atoms with Gasteiger partial charge in [0.05, 0.1) is 18.2 Å². The monoisotopic (exact) mass is 475 g/mol. The Balaban J connectivity index is 1.74. The van der Waals surface area contributed by atoms with E-state index in [0.717, 1.165) is 25.0 Å². The van der Waals surface area contributed by atoms with Crippen LogP contribution in [0.1, 0.15) is 59.0 Å². The Morgan fingerprint density at radius 1 is 1.24 bits per heavy atom. The summed E-state index contributed by atoms with van der Waals surface area (Å²) >= 11 is 0. The maximum atomic E-state index is 14.0. The molecular formula is C24H27F2N3O5. The summed E-state index contributed by atoms with van der Waals surface area (Å²) in [6, 6.07) is 2.94. The third-order valence-electron chi connectivity index (χ3n) is 6.55. The number of carbonyl (C=O) groups excluding carboxylic acids is 2. The Morgan fingerprint density at radius 2 is 2.00 bits per heavy atom. The van der Waals surface area contributed by atoms with E-state index in [1.165, 1.54) is 16.9 Å². The van der Waals surface area contributed by atoms with Gasteiger partial charge in [-0.3, -0.25) is 24.1 Å². The number of halogens is 2. The van der Waals surface area contributed by atoms with Crippen molar-refractivity contribution >= 4 is 11.7 Å². The standard InChI is InChI=1S/C24H27F2N3O5/c1-3-27-20-6-4-5-16(13-34-2)29(20)28-12-17(22(31)23(32)21(28)24(27)33)19(30)10-8-14-7-9-15(25)11-18(14)26/h7,9,11-12,16,20,32H,3-6,8,10,13H2,1-2H3/t16-,20-/m0/s1. The second-order valence-corrected chi connectivity index (χ2v) is 8.56. The summed E-state index contributed by atoms with van der Waals surface area (Å²) in [6.45, 7) is 2.58. The molecule has 1 aromatic heterocycles. The minimum Gasteiger partial charge on any atom is -0.502 e. The van der Waals surface area contributed by atoms with E-state index in [-0.39, 0.29) is 41.9 Å². The average Bonchev–Trinajstić information content (AvgIpc) is 2.80. The Labute approximate surface area is 195 Å². The summed E-state index contributed by atoms with van der Waals surface area (Å²) in [5.41, 5.74) is -1.28. The van der Waals surface area contributed by atoms with Crippen molar-refractivity contribution in [3.63, 3.8) is 0 Å². The van der Waals surface area contributed by atoms with E-state index < -0.39 is 34.5 Å². The van der Waals surface area contributed by atoms with Crippen LogP contribution in [0.4, 0.5) is 8.78 Å². The predicted molar refractivity (Wildman–Crippen MR) is 120 cm³/mol. The minimum atomic E-state index is -0.945. The molecule has 1 saturated heterocycles. The SMILES string of the molecule is CCN1C(=O)c2c(O)c(=O)c(C(=O)CCc3ccc(F)cc3F)cn2N2[C@H](COC)CCC[C@@H]12. The minimum absolute atomic E-state index is 0.0475. The van der Waals surface area contributed by atoms with Crippen LogP contribution < -0.4 is 10.4 Å². The molecule has 34 heavy (non-hydrogen) atoms. The number of amides is 1. The van der Waals surface area contributed by atoms with E-state index in [2.05, 4.69) is 0 Å².